The standard InChI is InChI=1S/C10H11ClN4/c1-2-12-8-4-3-7(5-13-8)9-10(11)15-6-14-9/h3-6H,2H2,1H3,(H,12,13)(H,14,15). The molecule has 15 heavy (non-hydrogen) atoms. The Labute approximate surface area is 92.7 Å². The molecule has 0 saturated carbocycles. The van der Waals surface area contributed by atoms with E-state index >= 15 is 0 Å². The van der Waals surface area contributed by atoms with Crippen molar-refractivity contribution in [2.75, 3.05) is 11.9 Å². The summed E-state index contributed by atoms with van der Waals surface area (Å²) in [4.78, 5) is 11.2. The number of halogens is 1. The molecule has 0 aliphatic rings. The van der Waals surface area contributed by atoms with E-state index in [0.717, 1.165) is 23.6 Å². The van der Waals surface area contributed by atoms with E-state index in [-0.39, 0.29) is 0 Å². The van der Waals surface area contributed by atoms with E-state index in [4.69, 9.17) is 11.6 Å². The summed E-state index contributed by atoms with van der Waals surface area (Å²) in [6, 6.07) is 3.84. The highest BCUT2D eigenvalue weighted by Gasteiger charge is 2.05. The van der Waals surface area contributed by atoms with Gasteiger partial charge in [0.2, 0.25) is 0 Å². The average Bonchev–Trinajstić information content (AvgIpc) is 2.66. The smallest absolute Gasteiger partial charge is 0.134 e. The van der Waals surface area contributed by atoms with Crippen LogP contribution in [0.4, 0.5) is 5.82 Å². The van der Waals surface area contributed by atoms with Crippen LogP contribution >= 0.6 is 11.6 Å². The monoisotopic (exact) mass is 222 g/mol. The first-order chi connectivity index (χ1) is 7.31. The fourth-order valence-electron chi connectivity index (χ4n) is 1.30. The van der Waals surface area contributed by atoms with Crippen LogP contribution in [0, 0.1) is 0 Å². The molecule has 2 heterocycles. The molecule has 0 atom stereocenters. The van der Waals surface area contributed by atoms with Gasteiger partial charge in [0.05, 0.1) is 6.33 Å². The summed E-state index contributed by atoms with van der Waals surface area (Å²) in [7, 11) is 0. The number of hydrogen-bond acceptors (Lipinski definition) is 3. The number of pyridine rings is 1. The maximum Gasteiger partial charge on any atom is 0.134 e. The van der Waals surface area contributed by atoms with Crippen LogP contribution in [-0.2, 0) is 0 Å². The van der Waals surface area contributed by atoms with Crippen LogP contribution < -0.4 is 5.32 Å². The summed E-state index contributed by atoms with van der Waals surface area (Å²) >= 11 is 5.91. The van der Waals surface area contributed by atoms with Crippen LogP contribution in [0.15, 0.2) is 24.7 Å². The zero-order valence-electron chi connectivity index (χ0n) is 8.29. The maximum atomic E-state index is 5.91. The zero-order valence-corrected chi connectivity index (χ0v) is 9.04. The van der Waals surface area contributed by atoms with E-state index in [1.165, 1.54) is 0 Å². The van der Waals surface area contributed by atoms with Crippen LogP contribution in [0.3, 0.4) is 0 Å². The third-order valence-corrected chi connectivity index (χ3v) is 2.28. The molecule has 2 aromatic rings. The lowest BCUT2D eigenvalue weighted by atomic mass is 10.2. The normalized spacial score (nSPS) is 10.3. The molecule has 0 bridgehead atoms. The van der Waals surface area contributed by atoms with Gasteiger partial charge in [-0.1, -0.05) is 11.6 Å². The molecule has 5 heteroatoms. The van der Waals surface area contributed by atoms with Crippen molar-refractivity contribution in [2.45, 2.75) is 6.92 Å². The van der Waals surface area contributed by atoms with Gasteiger partial charge in [-0.3, -0.25) is 0 Å². The maximum absolute atomic E-state index is 5.91. The third kappa shape index (κ3) is 2.10. The van der Waals surface area contributed by atoms with E-state index < -0.39 is 0 Å². The van der Waals surface area contributed by atoms with Crippen LogP contribution in [0.2, 0.25) is 5.15 Å². The summed E-state index contributed by atoms with van der Waals surface area (Å²) < 4.78 is 0. The molecule has 0 fully saturated rings. The van der Waals surface area contributed by atoms with E-state index in [0.29, 0.717) is 5.15 Å². The molecule has 0 radical (unpaired) electrons. The van der Waals surface area contributed by atoms with E-state index in [2.05, 4.69) is 20.3 Å². The molecule has 2 N–H and O–H groups in total. The Morgan fingerprint density at radius 2 is 2.27 bits per heavy atom. The van der Waals surface area contributed by atoms with Crippen LogP contribution in [0.1, 0.15) is 6.92 Å². The van der Waals surface area contributed by atoms with Crippen LogP contribution in [-0.4, -0.2) is 21.5 Å². The Morgan fingerprint density at radius 1 is 1.40 bits per heavy atom. The van der Waals surface area contributed by atoms with E-state index in [1.54, 1.807) is 12.5 Å². The Bertz CT molecular complexity index is 435. The summed E-state index contributed by atoms with van der Waals surface area (Å²) in [6.45, 7) is 2.88. The Hall–Kier alpha value is -1.55. The predicted molar refractivity (Wildman–Crippen MR) is 61.0 cm³/mol. The number of aromatic nitrogens is 3. The molecule has 2 rings (SSSR count). The quantitative estimate of drug-likeness (QED) is 0.839. The first kappa shape index (κ1) is 9.98. The van der Waals surface area contributed by atoms with Crippen molar-refractivity contribution in [1.82, 2.24) is 15.0 Å². The predicted octanol–water partition coefficient (Wildman–Crippen LogP) is 2.56. The lowest BCUT2D eigenvalue weighted by Crippen LogP contribution is -1.98. The number of nitrogens with zero attached hydrogens (tertiary/aromatic N) is 2. The third-order valence-electron chi connectivity index (χ3n) is 1.99. The van der Waals surface area contributed by atoms with Gasteiger partial charge in [0, 0.05) is 18.3 Å². The van der Waals surface area contributed by atoms with Gasteiger partial charge in [-0.05, 0) is 19.1 Å². The van der Waals surface area contributed by atoms with Gasteiger partial charge < -0.3 is 10.3 Å². The van der Waals surface area contributed by atoms with Crippen molar-refractivity contribution >= 4 is 17.4 Å². The molecule has 0 saturated heterocycles. The molecule has 0 aromatic carbocycles. The van der Waals surface area contributed by atoms with Crippen LogP contribution in [0.5, 0.6) is 0 Å². The highest BCUT2D eigenvalue weighted by Crippen LogP contribution is 2.23. The Kier molecular flexibility index (Phi) is 2.87. The Balaban J connectivity index is 2.28. The lowest BCUT2D eigenvalue weighted by Gasteiger charge is -2.02. The molecule has 0 aliphatic heterocycles. The van der Waals surface area contributed by atoms with Crippen molar-refractivity contribution < 1.29 is 0 Å². The van der Waals surface area contributed by atoms with E-state index in [9.17, 15) is 0 Å². The molecular weight excluding hydrogens is 212 g/mol. The number of H-pyrrole nitrogens is 1. The van der Waals surface area contributed by atoms with Gasteiger partial charge in [0.15, 0.2) is 0 Å². The first-order valence-electron chi connectivity index (χ1n) is 4.70. The number of rotatable bonds is 3. The minimum atomic E-state index is 0.535. The van der Waals surface area contributed by atoms with Crippen molar-refractivity contribution in [3.8, 4) is 11.3 Å². The second kappa shape index (κ2) is 4.31. The number of hydrogen-bond donors (Lipinski definition) is 2. The van der Waals surface area contributed by atoms with E-state index in [1.807, 2.05) is 19.1 Å². The number of nitrogens with one attached hydrogen (secondary N) is 2. The minimum absolute atomic E-state index is 0.535. The van der Waals surface area contributed by atoms with Crippen molar-refractivity contribution in [2.24, 2.45) is 0 Å². The second-order valence-corrected chi connectivity index (χ2v) is 3.41. The summed E-state index contributed by atoms with van der Waals surface area (Å²) in [5, 5.41) is 3.66. The van der Waals surface area contributed by atoms with Crippen molar-refractivity contribution in [1.29, 1.82) is 0 Å². The zero-order chi connectivity index (χ0) is 10.7. The molecule has 0 aliphatic carbocycles. The molecule has 0 spiro atoms. The topological polar surface area (TPSA) is 53.6 Å². The first-order valence-corrected chi connectivity index (χ1v) is 5.08. The highest BCUT2D eigenvalue weighted by molar-refractivity contribution is 6.31. The number of anilines is 1. The van der Waals surface area contributed by atoms with Crippen molar-refractivity contribution in [3.63, 3.8) is 0 Å². The molecule has 78 valence electrons. The van der Waals surface area contributed by atoms with Gasteiger partial charge in [0.1, 0.15) is 16.7 Å². The van der Waals surface area contributed by atoms with Gasteiger partial charge in [-0.25, -0.2) is 9.97 Å². The summed E-state index contributed by atoms with van der Waals surface area (Å²) in [5.41, 5.74) is 1.63. The van der Waals surface area contributed by atoms with Gasteiger partial charge in [-0.15, -0.1) is 0 Å². The van der Waals surface area contributed by atoms with Crippen molar-refractivity contribution in [3.05, 3.63) is 29.8 Å². The molecule has 0 amide bonds. The lowest BCUT2D eigenvalue weighted by molar-refractivity contribution is 1.16. The number of aromatic amines is 1. The molecule has 4 nitrogen and oxygen atoms in total. The fraction of sp³-hybridized carbons (Fsp3) is 0.200. The molecule has 2 aromatic heterocycles. The van der Waals surface area contributed by atoms with Gasteiger partial charge in [0.25, 0.3) is 0 Å². The largest absolute Gasteiger partial charge is 0.370 e. The molecular formula is C10H11ClN4. The van der Waals surface area contributed by atoms with Crippen LogP contribution in [0.25, 0.3) is 11.3 Å². The average molecular weight is 223 g/mol. The van der Waals surface area contributed by atoms with Gasteiger partial charge in [-0.2, -0.15) is 0 Å². The Morgan fingerprint density at radius 3 is 2.80 bits per heavy atom. The molecule has 0 unspecified atom stereocenters. The van der Waals surface area contributed by atoms with Gasteiger partial charge >= 0.3 is 0 Å². The summed E-state index contributed by atoms with van der Waals surface area (Å²) in [6.07, 6.45) is 3.32. The SMILES string of the molecule is CCNc1ccc(-c2nc[nH]c2Cl)cn1. The highest BCUT2D eigenvalue weighted by atomic mass is 35.5. The summed E-state index contributed by atoms with van der Waals surface area (Å²) in [5.74, 6) is 0.855. The minimum Gasteiger partial charge on any atom is -0.370 e. The second-order valence-electron chi connectivity index (χ2n) is 3.03. The number of imidazole rings is 1. The fourth-order valence-corrected chi connectivity index (χ4v) is 1.51.